The van der Waals surface area contributed by atoms with Gasteiger partial charge in [-0.25, -0.2) is 4.98 Å². The summed E-state index contributed by atoms with van der Waals surface area (Å²) in [4.78, 5) is 6.95. The minimum Gasteiger partial charge on any atom is -0.357 e. The third kappa shape index (κ3) is 2.73. The second-order valence-electron chi connectivity index (χ2n) is 4.17. The van der Waals surface area contributed by atoms with E-state index in [0.717, 1.165) is 31.0 Å². The van der Waals surface area contributed by atoms with E-state index in [1.807, 2.05) is 6.92 Å². The van der Waals surface area contributed by atoms with Gasteiger partial charge in [-0.05, 0) is 38.8 Å². The summed E-state index contributed by atoms with van der Waals surface area (Å²) in [7, 11) is 0. The summed E-state index contributed by atoms with van der Waals surface area (Å²) in [6, 6.07) is 2.10. The molecule has 1 rings (SSSR count). The van der Waals surface area contributed by atoms with Gasteiger partial charge in [0.1, 0.15) is 5.82 Å². The second-order valence-corrected chi connectivity index (χ2v) is 4.17. The smallest absolute Gasteiger partial charge is 0.133 e. The number of hydrogen-bond donors (Lipinski definition) is 1. The summed E-state index contributed by atoms with van der Waals surface area (Å²) in [5.41, 5.74) is 9.32. The van der Waals surface area contributed by atoms with Crippen molar-refractivity contribution >= 4 is 5.82 Å². The Morgan fingerprint density at radius 1 is 1.31 bits per heavy atom. The molecule has 0 radical (unpaired) electrons. The maximum Gasteiger partial charge on any atom is 0.133 e. The predicted molar refractivity (Wildman–Crippen MR) is 69.8 cm³/mol. The van der Waals surface area contributed by atoms with E-state index in [9.17, 15) is 0 Å². The number of aryl methyl sites for hydroxylation is 2. The molecule has 16 heavy (non-hydrogen) atoms. The third-order valence-corrected chi connectivity index (χ3v) is 2.83. The quantitative estimate of drug-likeness (QED) is 0.830. The number of hydrogen-bond acceptors (Lipinski definition) is 3. The van der Waals surface area contributed by atoms with Crippen molar-refractivity contribution in [2.45, 2.75) is 40.7 Å². The van der Waals surface area contributed by atoms with Crippen molar-refractivity contribution in [3.05, 3.63) is 22.9 Å². The number of rotatable bonds is 5. The van der Waals surface area contributed by atoms with Crippen LogP contribution in [-0.2, 0) is 6.54 Å². The summed E-state index contributed by atoms with van der Waals surface area (Å²) in [5.74, 6) is 1.07. The molecule has 0 amide bonds. The Morgan fingerprint density at radius 3 is 2.50 bits per heavy atom. The van der Waals surface area contributed by atoms with Crippen molar-refractivity contribution in [3.63, 3.8) is 0 Å². The molecule has 0 aliphatic rings. The first-order chi connectivity index (χ1) is 7.63. The summed E-state index contributed by atoms with van der Waals surface area (Å²) in [5, 5.41) is 0. The number of anilines is 1. The lowest BCUT2D eigenvalue weighted by atomic mass is 10.1. The van der Waals surface area contributed by atoms with E-state index < -0.39 is 0 Å². The fraction of sp³-hybridized carbons (Fsp3) is 0.615. The van der Waals surface area contributed by atoms with Gasteiger partial charge in [0.05, 0.1) is 0 Å². The Bertz CT molecular complexity index is 347. The minimum absolute atomic E-state index is 0.564. The van der Waals surface area contributed by atoms with Gasteiger partial charge in [-0.15, -0.1) is 0 Å². The van der Waals surface area contributed by atoms with Crippen LogP contribution in [-0.4, -0.2) is 18.1 Å². The average molecular weight is 221 g/mol. The molecule has 0 saturated heterocycles. The van der Waals surface area contributed by atoms with Crippen molar-refractivity contribution < 1.29 is 0 Å². The van der Waals surface area contributed by atoms with E-state index in [-0.39, 0.29) is 0 Å². The number of nitrogens with two attached hydrogens (primary N) is 1. The van der Waals surface area contributed by atoms with Gasteiger partial charge in [0, 0.05) is 30.9 Å². The normalized spacial score (nSPS) is 10.6. The zero-order chi connectivity index (χ0) is 12.1. The molecule has 0 aliphatic carbocycles. The lowest BCUT2D eigenvalue weighted by Gasteiger charge is -2.25. The van der Waals surface area contributed by atoms with E-state index in [0.29, 0.717) is 6.54 Å². The van der Waals surface area contributed by atoms with Gasteiger partial charge in [-0.2, -0.15) is 0 Å². The highest BCUT2D eigenvalue weighted by Gasteiger charge is 2.12. The highest BCUT2D eigenvalue weighted by Crippen LogP contribution is 2.22. The fourth-order valence-electron chi connectivity index (χ4n) is 2.04. The van der Waals surface area contributed by atoms with Crippen LogP contribution in [0.3, 0.4) is 0 Å². The monoisotopic (exact) mass is 221 g/mol. The summed E-state index contributed by atoms with van der Waals surface area (Å²) < 4.78 is 0. The zero-order valence-electron chi connectivity index (χ0n) is 10.9. The molecule has 0 spiro atoms. The zero-order valence-corrected chi connectivity index (χ0v) is 10.9. The molecule has 3 nitrogen and oxygen atoms in total. The van der Waals surface area contributed by atoms with E-state index >= 15 is 0 Å². The first-order valence-electron chi connectivity index (χ1n) is 6.06. The molecule has 0 bridgehead atoms. The molecule has 90 valence electrons. The van der Waals surface area contributed by atoms with Gasteiger partial charge in [0.2, 0.25) is 0 Å². The summed E-state index contributed by atoms with van der Waals surface area (Å²) in [6.45, 7) is 11.1. The van der Waals surface area contributed by atoms with Gasteiger partial charge in [0.15, 0.2) is 0 Å². The van der Waals surface area contributed by atoms with Crippen LogP contribution in [0.4, 0.5) is 5.82 Å². The van der Waals surface area contributed by atoms with E-state index in [1.165, 1.54) is 11.1 Å². The summed E-state index contributed by atoms with van der Waals surface area (Å²) >= 11 is 0. The average Bonchev–Trinajstić information content (AvgIpc) is 2.25. The van der Waals surface area contributed by atoms with E-state index in [4.69, 9.17) is 5.73 Å². The molecular weight excluding hydrogens is 198 g/mol. The molecule has 0 aromatic carbocycles. The Kier molecular flexibility index (Phi) is 4.74. The fourth-order valence-corrected chi connectivity index (χ4v) is 2.04. The van der Waals surface area contributed by atoms with Gasteiger partial charge in [0.25, 0.3) is 0 Å². The van der Waals surface area contributed by atoms with Crippen LogP contribution < -0.4 is 10.6 Å². The topological polar surface area (TPSA) is 42.2 Å². The second kappa shape index (κ2) is 5.85. The maximum absolute atomic E-state index is 5.82. The lowest BCUT2D eigenvalue weighted by molar-refractivity contribution is 0.766. The molecule has 1 heterocycles. The molecular formula is C13H23N3. The van der Waals surface area contributed by atoms with E-state index in [1.54, 1.807) is 0 Å². The molecule has 0 unspecified atom stereocenters. The van der Waals surface area contributed by atoms with Crippen molar-refractivity contribution in [1.29, 1.82) is 0 Å². The molecule has 0 atom stereocenters. The minimum atomic E-state index is 0.564. The first-order valence-corrected chi connectivity index (χ1v) is 6.06. The van der Waals surface area contributed by atoms with Gasteiger partial charge >= 0.3 is 0 Å². The van der Waals surface area contributed by atoms with Crippen LogP contribution in [0, 0.1) is 13.8 Å². The SMILES string of the molecule is CCCN(CC)c1nc(C)cc(C)c1CN. The summed E-state index contributed by atoms with van der Waals surface area (Å²) in [6.07, 6.45) is 1.13. The molecule has 0 aliphatic heterocycles. The molecule has 0 fully saturated rings. The Balaban J connectivity index is 3.17. The molecule has 3 heteroatoms. The Labute approximate surface area is 98.7 Å². The predicted octanol–water partition coefficient (Wildman–Crippen LogP) is 2.39. The molecule has 1 aromatic heterocycles. The van der Waals surface area contributed by atoms with Crippen LogP contribution in [0.2, 0.25) is 0 Å². The number of nitrogens with zero attached hydrogens (tertiary/aromatic N) is 2. The standard InChI is InChI=1S/C13H23N3/c1-5-7-16(6-2)13-12(9-14)10(3)8-11(4)15-13/h8H,5-7,9,14H2,1-4H3. The highest BCUT2D eigenvalue weighted by molar-refractivity contribution is 5.51. The van der Waals surface area contributed by atoms with Crippen LogP contribution >= 0.6 is 0 Å². The van der Waals surface area contributed by atoms with Crippen molar-refractivity contribution in [2.24, 2.45) is 5.73 Å². The van der Waals surface area contributed by atoms with Gasteiger partial charge < -0.3 is 10.6 Å². The highest BCUT2D eigenvalue weighted by atomic mass is 15.2. The number of aromatic nitrogens is 1. The number of pyridine rings is 1. The van der Waals surface area contributed by atoms with Crippen molar-refractivity contribution in [1.82, 2.24) is 4.98 Å². The molecule has 2 N–H and O–H groups in total. The largest absolute Gasteiger partial charge is 0.357 e. The molecule has 1 aromatic rings. The van der Waals surface area contributed by atoms with Crippen LogP contribution in [0.5, 0.6) is 0 Å². The maximum atomic E-state index is 5.82. The Hall–Kier alpha value is -1.09. The third-order valence-electron chi connectivity index (χ3n) is 2.83. The first kappa shape index (κ1) is 13.0. The van der Waals surface area contributed by atoms with Crippen molar-refractivity contribution in [2.75, 3.05) is 18.0 Å². The van der Waals surface area contributed by atoms with Crippen LogP contribution in [0.15, 0.2) is 6.07 Å². The van der Waals surface area contributed by atoms with E-state index in [2.05, 4.69) is 36.7 Å². The van der Waals surface area contributed by atoms with Crippen LogP contribution in [0.1, 0.15) is 37.1 Å². The van der Waals surface area contributed by atoms with Crippen LogP contribution in [0.25, 0.3) is 0 Å². The van der Waals surface area contributed by atoms with Crippen molar-refractivity contribution in [3.8, 4) is 0 Å². The lowest BCUT2D eigenvalue weighted by Crippen LogP contribution is -2.27. The Morgan fingerprint density at radius 2 is 2.00 bits per heavy atom. The van der Waals surface area contributed by atoms with Gasteiger partial charge in [-0.1, -0.05) is 6.92 Å². The molecule has 0 saturated carbocycles. The van der Waals surface area contributed by atoms with Gasteiger partial charge in [-0.3, -0.25) is 0 Å².